The Labute approximate surface area is 109 Å². The molecule has 0 aliphatic rings. The van der Waals surface area contributed by atoms with Crippen molar-refractivity contribution >= 4 is 11.6 Å². The monoisotopic (exact) mass is 262 g/mol. The number of hydrogen-bond acceptors (Lipinski definition) is 2. The molecule has 2 rings (SSSR count). The number of halogens is 2. The van der Waals surface area contributed by atoms with Gasteiger partial charge in [-0.25, -0.2) is 4.39 Å². The van der Waals surface area contributed by atoms with Crippen molar-refractivity contribution in [2.45, 2.75) is 0 Å². The van der Waals surface area contributed by atoms with Gasteiger partial charge in [-0.05, 0) is 36.4 Å². The molecule has 0 unspecified atom stereocenters. The fourth-order valence-electron chi connectivity index (χ4n) is 1.37. The summed E-state index contributed by atoms with van der Waals surface area (Å²) >= 11 is 5.72. The quantitative estimate of drug-likeness (QED) is 0.770. The van der Waals surface area contributed by atoms with Crippen LogP contribution >= 0.6 is 11.6 Å². The second kappa shape index (κ2) is 5.44. The van der Waals surface area contributed by atoms with Crippen molar-refractivity contribution < 1.29 is 13.9 Å². The first-order valence-electron chi connectivity index (χ1n) is 5.04. The molecule has 0 saturated heterocycles. The van der Waals surface area contributed by atoms with Crippen LogP contribution in [0.25, 0.3) is 0 Å². The van der Waals surface area contributed by atoms with Crippen molar-refractivity contribution in [2.75, 3.05) is 0 Å². The predicted molar refractivity (Wildman–Crippen MR) is 67.4 cm³/mol. The summed E-state index contributed by atoms with van der Waals surface area (Å²) < 4.78 is 23.4. The molecule has 4 heteroatoms. The van der Waals surface area contributed by atoms with E-state index >= 15 is 0 Å². The summed E-state index contributed by atoms with van der Waals surface area (Å²) in [6.45, 7) is 0. The smallest absolute Gasteiger partial charge is 0.140 e. The first-order chi connectivity index (χ1) is 8.67. The number of hydrogen-bond donors (Lipinski definition) is 0. The molecule has 0 aliphatic carbocycles. The van der Waals surface area contributed by atoms with Gasteiger partial charge < -0.3 is 9.47 Å². The van der Waals surface area contributed by atoms with Gasteiger partial charge in [-0.2, -0.15) is 0 Å². The SMILES string of the molecule is C#COc1ccc(Oc2cc(F)cc(Cl)c2)cc1. The molecular weight excluding hydrogens is 255 g/mol. The Morgan fingerprint density at radius 1 is 1.00 bits per heavy atom. The summed E-state index contributed by atoms with van der Waals surface area (Å²) in [7, 11) is 0. The van der Waals surface area contributed by atoms with Crippen molar-refractivity contribution in [3.05, 3.63) is 53.3 Å². The predicted octanol–water partition coefficient (Wildman–Crippen LogP) is 4.24. The molecule has 0 radical (unpaired) electrons. The zero-order valence-corrected chi connectivity index (χ0v) is 9.95. The van der Waals surface area contributed by atoms with Crippen molar-refractivity contribution in [1.82, 2.24) is 0 Å². The van der Waals surface area contributed by atoms with E-state index in [9.17, 15) is 4.39 Å². The minimum absolute atomic E-state index is 0.275. The van der Waals surface area contributed by atoms with Gasteiger partial charge in [0.05, 0.1) is 0 Å². The van der Waals surface area contributed by atoms with Crippen LogP contribution in [0.3, 0.4) is 0 Å². The lowest BCUT2D eigenvalue weighted by Crippen LogP contribution is -1.86. The van der Waals surface area contributed by atoms with Crippen LogP contribution in [0.4, 0.5) is 4.39 Å². The third-order valence-electron chi connectivity index (χ3n) is 2.07. The topological polar surface area (TPSA) is 18.5 Å². The highest BCUT2D eigenvalue weighted by atomic mass is 35.5. The summed E-state index contributed by atoms with van der Waals surface area (Å²) in [5, 5.41) is 0.275. The average molecular weight is 263 g/mol. The number of benzene rings is 2. The van der Waals surface area contributed by atoms with Crippen LogP contribution in [0, 0.1) is 18.3 Å². The zero-order valence-electron chi connectivity index (χ0n) is 9.19. The van der Waals surface area contributed by atoms with Crippen molar-refractivity contribution in [1.29, 1.82) is 0 Å². The molecule has 18 heavy (non-hydrogen) atoms. The third-order valence-corrected chi connectivity index (χ3v) is 2.29. The highest BCUT2D eigenvalue weighted by molar-refractivity contribution is 6.30. The van der Waals surface area contributed by atoms with Crippen molar-refractivity contribution in [3.63, 3.8) is 0 Å². The number of terminal acetylenes is 1. The lowest BCUT2D eigenvalue weighted by atomic mass is 10.3. The average Bonchev–Trinajstić information content (AvgIpc) is 2.31. The zero-order chi connectivity index (χ0) is 13.0. The fourth-order valence-corrected chi connectivity index (χ4v) is 1.58. The maximum atomic E-state index is 13.1. The summed E-state index contributed by atoms with van der Waals surface area (Å²) in [5.41, 5.74) is 0. The van der Waals surface area contributed by atoms with Crippen LogP contribution in [-0.4, -0.2) is 0 Å². The highest BCUT2D eigenvalue weighted by Crippen LogP contribution is 2.26. The van der Waals surface area contributed by atoms with Crippen LogP contribution in [0.5, 0.6) is 17.2 Å². The van der Waals surface area contributed by atoms with Gasteiger partial charge in [0.15, 0.2) is 0 Å². The Morgan fingerprint density at radius 2 is 1.67 bits per heavy atom. The molecule has 0 amide bonds. The number of rotatable bonds is 3. The first-order valence-corrected chi connectivity index (χ1v) is 5.41. The molecule has 2 nitrogen and oxygen atoms in total. The second-order valence-electron chi connectivity index (χ2n) is 3.40. The van der Waals surface area contributed by atoms with Gasteiger partial charge in [0.1, 0.15) is 29.2 Å². The van der Waals surface area contributed by atoms with Crippen LogP contribution in [0.15, 0.2) is 42.5 Å². The van der Waals surface area contributed by atoms with E-state index in [-0.39, 0.29) is 5.02 Å². The molecule has 2 aromatic rings. The van der Waals surface area contributed by atoms with E-state index in [2.05, 4.69) is 6.11 Å². The minimum Gasteiger partial charge on any atom is -0.457 e. The van der Waals surface area contributed by atoms with Crippen LogP contribution < -0.4 is 9.47 Å². The lowest BCUT2D eigenvalue weighted by Gasteiger charge is -2.06. The first kappa shape index (κ1) is 12.3. The van der Waals surface area contributed by atoms with E-state index in [0.717, 1.165) is 0 Å². The molecule has 0 saturated carbocycles. The lowest BCUT2D eigenvalue weighted by molar-refractivity contribution is 0.473. The Kier molecular flexibility index (Phi) is 3.71. The molecular formula is C14H8ClFO2. The third kappa shape index (κ3) is 3.16. The maximum absolute atomic E-state index is 13.1. The van der Waals surface area contributed by atoms with Gasteiger partial charge in [0.2, 0.25) is 0 Å². The Hall–Kier alpha value is -2.18. The second-order valence-corrected chi connectivity index (χ2v) is 3.83. The largest absolute Gasteiger partial charge is 0.457 e. The summed E-state index contributed by atoms with van der Waals surface area (Å²) in [6, 6.07) is 10.6. The molecule has 0 bridgehead atoms. The molecule has 0 atom stereocenters. The van der Waals surface area contributed by atoms with Crippen molar-refractivity contribution in [3.8, 4) is 29.8 Å². The highest BCUT2D eigenvalue weighted by Gasteiger charge is 2.02. The summed E-state index contributed by atoms with van der Waals surface area (Å²) in [4.78, 5) is 0. The summed E-state index contributed by atoms with van der Waals surface area (Å²) in [5.74, 6) is 0.929. The standard InChI is InChI=1S/C14H8ClFO2/c1-2-17-12-3-5-13(6-4-12)18-14-8-10(15)7-11(16)9-14/h1,3-9H. The molecule has 90 valence electrons. The van der Waals surface area contributed by atoms with Crippen LogP contribution in [0.2, 0.25) is 5.02 Å². The molecule has 0 spiro atoms. The van der Waals surface area contributed by atoms with E-state index in [1.54, 1.807) is 24.3 Å². The van der Waals surface area contributed by atoms with Gasteiger partial charge in [0, 0.05) is 11.1 Å². The van der Waals surface area contributed by atoms with Gasteiger partial charge >= 0.3 is 0 Å². The molecule has 0 N–H and O–H groups in total. The molecule has 0 heterocycles. The molecule has 0 fully saturated rings. The normalized spacial score (nSPS) is 9.61. The van der Waals surface area contributed by atoms with Crippen LogP contribution in [-0.2, 0) is 0 Å². The van der Waals surface area contributed by atoms with E-state index < -0.39 is 5.82 Å². The minimum atomic E-state index is -0.454. The molecule has 0 aliphatic heterocycles. The van der Waals surface area contributed by atoms with E-state index in [1.165, 1.54) is 18.2 Å². The maximum Gasteiger partial charge on any atom is 0.140 e. The Morgan fingerprint density at radius 3 is 2.28 bits per heavy atom. The fraction of sp³-hybridized carbons (Fsp3) is 0. The van der Waals surface area contributed by atoms with E-state index in [0.29, 0.717) is 17.2 Å². The van der Waals surface area contributed by atoms with Gasteiger partial charge in [-0.15, -0.1) is 0 Å². The van der Waals surface area contributed by atoms with Gasteiger partial charge in [-0.1, -0.05) is 18.0 Å². The molecule has 0 aromatic heterocycles. The van der Waals surface area contributed by atoms with E-state index in [1.807, 2.05) is 0 Å². The van der Waals surface area contributed by atoms with E-state index in [4.69, 9.17) is 27.5 Å². The summed E-state index contributed by atoms with van der Waals surface area (Å²) in [6.07, 6.45) is 7.06. The molecule has 2 aromatic carbocycles. The Balaban J connectivity index is 2.16. The van der Waals surface area contributed by atoms with Gasteiger partial charge in [0.25, 0.3) is 0 Å². The number of ether oxygens (including phenoxy) is 2. The van der Waals surface area contributed by atoms with Gasteiger partial charge in [-0.3, -0.25) is 0 Å². The van der Waals surface area contributed by atoms with Crippen LogP contribution in [0.1, 0.15) is 0 Å². The van der Waals surface area contributed by atoms with Crippen molar-refractivity contribution in [2.24, 2.45) is 0 Å². The Bertz CT molecular complexity index is 567.